The number of para-hydroxylation sites is 2. The Labute approximate surface area is 209 Å². The SMILES string of the molecule is COc1ccc(S(=O)(=O)N(CC(=O)N/N=C\c2cccc3ccccc23)c2ccccc2OC)cc1. The molecule has 0 fully saturated rings. The summed E-state index contributed by atoms with van der Waals surface area (Å²) in [5, 5.41) is 6.09. The Hall–Kier alpha value is -4.37. The molecule has 0 radical (unpaired) electrons. The number of rotatable bonds is 9. The molecule has 0 aliphatic rings. The highest BCUT2D eigenvalue weighted by Crippen LogP contribution is 2.32. The second-order valence-corrected chi connectivity index (χ2v) is 9.58. The van der Waals surface area contributed by atoms with Crippen LogP contribution >= 0.6 is 0 Å². The summed E-state index contributed by atoms with van der Waals surface area (Å²) in [5.74, 6) is 0.203. The first-order valence-corrected chi connectivity index (χ1v) is 12.5. The van der Waals surface area contributed by atoms with Crippen LogP contribution in [0.3, 0.4) is 0 Å². The van der Waals surface area contributed by atoms with Gasteiger partial charge >= 0.3 is 0 Å². The van der Waals surface area contributed by atoms with E-state index in [1.54, 1.807) is 36.4 Å². The normalized spacial score (nSPS) is 11.4. The van der Waals surface area contributed by atoms with E-state index < -0.39 is 22.5 Å². The minimum Gasteiger partial charge on any atom is -0.497 e. The van der Waals surface area contributed by atoms with Gasteiger partial charge in [-0.3, -0.25) is 9.10 Å². The Morgan fingerprint density at radius 2 is 1.58 bits per heavy atom. The molecular weight excluding hydrogens is 478 g/mol. The minimum atomic E-state index is -4.13. The number of carbonyl (C=O) groups excluding carboxylic acids is 1. The maximum atomic E-state index is 13.6. The highest BCUT2D eigenvalue weighted by atomic mass is 32.2. The summed E-state index contributed by atoms with van der Waals surface area (Å²) in [7, 11) is -1.20. The van der Waals surface area contributed by atoms with E-state index in [2.05, 4.69) is 10.5 Å². The van der Waals surface area contributed by atoms with Gasteiger partial charge in [0.05, 0.1) is 31.0 Å². The number of sulfonamides is 1. The van der Waals surface area contributed by atoms with Crippen LogP contribution in [-0.2, 0) is 14.8 Å². The highest BCUT2D eigenvalue weighted by Gasteiger charge is 2.29. The topological polar surface area (TPSA) is 97.3 Å². The predicted octanol–water partition coefficient (Wildman–Crippen LogP) is 4.20. The van der Waals surface area contributed by atoms with Crippen molar-refractivity contribution in [1.82, 2.24) is 5.43 Å². The van der Waals surface area contributed by atoms with Crippen molar-refractivity contribution in [1.29, 1.82) is 0 Å². The zero-order chi connectivity index (χ0) is 25.5. The van der Waals surface area contributed by atoms with Crippen molar-refractivity contribution in [3.63, 3.8) is 0 Å². The Balaban J connectivity index is 1.61. The van der Waals surface area contributed by atoms with E-state index >= 15 is 0 Å². The maximum Gasteiger partial charge on any atom is 0.264 e. The quantitative estimate of drug-likeness (QED) is 0.273. The average Bonchev–Trinajstić information content (AvgIpc) is 2.91. The van der Waals surface area contributed by atoms with E-state index in [0.29, 0.717) is 11.5 Å². The third kappa shape index (κ3) is 5.31. The van der Waals surface area contributed by atoms with E-state index in [4.69, 9.17) is 9.47 Å². The van der Waals surface area contributed by atoms with Crippen molar-refractivity contribution in [2.45, 2.75) is 4.90 Å². The molecule has 0 spiro atoms. The number of anilines is 1. The molecule has 1 amide bonds. The Bertz CT molecular complexity index is 1500. The van der Waals surface area contributed by atoms with E-state index in [-0.39, 0.29) is 10.6 Å². The molecule has 0 heterocycles. The second-order valence-electron chi connectivity index (χ2n) is 7.72. The third-order valence-corrected chi connectivity index (χ3v) is 7.28. The summed E-state index contributed by atoms with van der Waals surface area (Å²) >= 11 is 0. The van der Waals surface area contributed by atoms with Crippen LogP contribution in [0.2, 0.25) is 0 Å². The van der Waals surface area contributed by atoms with Gasteiger partial charge in [-0.2, -0.15) is 5.10 Å². The first kappa shape index (κ1) is 24.7. The number of methoxy groups -OCH3 is 2. The van der Waals surface area contributed by atoms with Crippen molar-refractivity contribution in [3.05, 3.63) is 96.6 Å². The lowest BCUT2D eigenvalue weighted by atomic mass is 10.1. The van der Waals surface area contributed by atoms with Gasteiger partial charge in [0.1, 0.15) is 18.0 Å². The van der Waals surface area contributed by atoms with Crippen LogP contribution in [0.4, 0.5) is 5.69 Å². The van der Waals surface area contributed by atoms with E-state index in [0.717, 1.165) is 20.6 Å². The lowest BCUT2D eigenvalue weighted by molar-refractivity contribution is -0.119. The molecule has 4 aromatic rings. The van der Waals surface area contributed by atoms with Crippen LogP contribution in [-0.4, -0.2) is 41.3 Å². The maximum absolute atomic E-state index is 13.6. The molecule has 0 atom stereocenters. The van der Waals surface area contributed by atoms with Gasteiger partial charge in [0.2, 0.25) is 0 Å². The van der Waals surface area contributed by atoms with Gasteiger partial charge in [0.25, 0.3) is 15.9 Å². The van der Waals surface area contributed by atoms with Gasteiger partial charge in [-0.05, 0) is 47.2 Å². The molecule has 9 heteroatoms. The molecule has 4 aromatic carbocycles. The van der Waals surface area contributed by atoms with Crippen molar-refractivity contribution < 1.29 is 22.7 Å². The monoisotopic (exact) mass is 503 g/mol. The minimum absolute atomic E-state index is 0.00117. The van der Waals surface area contributed by atoms with Crippen LogP contribution in [0.1, 0.15) is 5.56 Å². The zero-order valence-corrected chi connectivity index (χ0v) is 20.6. The standard InChI is InChI=1S/C27H25N3O5S/c1-34-22-14-16-23(17-15-22)36(32,33)30(25-12-5-6-13-26(25)35-2)19-27(31)29-28-18-21-10-7-9-20-8-3-4-11-24(20)21/h3-18H,19H2,1-2H3,(H,29,31)/b28-18-. The van der Waals surface area contributed by atoms with Crippen molar-refractivity contribution >= 4 is 38.6 Å². The van der Waals surface area contributed by atoms with Gasteiger partial charge in [-0.1, -0.05) is 54.6 Å². The van der Waals surface area contributed by atoms with Gasteiger partial charge < -0.3 is 9.47 Å². The number of benzene rings is 4. The number of hydrazone groups is 1. The van der Waals surface area contributed by atoms with Crippen LogP contribution in [0.5, 0.6) is 11.5 Å². The number of ether oxygens (including phenoxy) is 2. The van der Waals surface area contributed by atoms with E-state index in [1.807, 2.05) is 42.5 Å². The summed E-state index contributed by atoms with van der Waals surface area (Å²) in [4.78, 5) is 12.9. The lowest BCUT2D eigenvalue weighted by Crippen LogP contribution is -2.39. The van der Waals surface area contributed by atoms with Gasteiger partial charge in [-0.25, -0.2) is 13.8 Å². The first-order chi connectivity index (χ1) is 17.4. The van der Waals surface area contributed by atoms with Crippen LogP contribution in [0.25, 0.3) is 10.8 Å². The van der Waals surface area contributed by atoms with Crippen molar-refractivity contribution in [3.8, 4) is 11.5 Å². The molecule has 0 aliphatic carbocycles. The average molecular weight is 504 g/mol. The first-order valence-electron chi connectivity index (χ1n) is 11.0. The molecule has 0 saturated heterocycles. The molecule has 0 aliphatic heterocycles. The zero-order valence-electron chi connectivity index (χ0n) is 19.8. The summed E-state index contributed by atoms with van der Waals surface area (Å²) in [5.41, 5.74) is 3.49. The summed E-state index contributed by atoms with van der Waals surface area (Å²) < 4.78 is 38.7. The Kier molecular flexibility index (Phi) is 7.50. The van der Waals surface area contributed by atoms with Crippen molar-refractivity contribution in [2.24, 2.45) is 5.10 Å². The van der Waals surface area contributed by atoms with E-state index in [1.165, 1.54) is 32.6 Å². The lowest BCUT2D eigenvalue weighted by Gasteiger charge is -2.25. The number of nitrogens with one attached hydrogen (secondary N) is 1. The molecule has 0 bridgehead atoms. The fraction of sp³-hybridized carbons (Fsp3) is 0.111. The number of carbonyl (C=O) groups is 1. The number of hydrogen-bond donors (Lipinski definition) is 1. The fourth-order valence-electron chi connectivity index (χ4n) is 3.71. The summed E-state index contributed by atoms with van der Waals surface area (Å²) in [6, 6.07) is 26.1. The third-order valence-electron chi connectivity index (χ3n) is 5.50. The second kappa shape index (κ2) is 10.9. The molecule has 1 N–H and O–H groups in total. The largest absolute Gasteiger partial charge is 0.497 e. The van der Waals surface area contributed by atoms with Crippen molar-refractivity contribution in [2.75, 3.05) is 25.1 Å². The molecule has 0 aromatic heterocycles. The van der Waals surface area contributed by atoms with Crippen LogP contribution in [0, 0.1) is 0 Å². The molecule has 36 heavy (non-hydrogen) atoms. The molecular formula is C27H25N3O5S. The number of hydrogen-bond acceptors (Lipinski definition) is 6. The highest BCUT2D eigenvalue weighted by molar-refractivity contribution is 7.92. The van der Waals surface area contributed by atoms with Crippen LogP contribution in [0.15, 0.2) is 101 Å². The fourth-order valence-corrected chi connectivity index (χ4v) is 5.14. The molecule has 8 nitrogen and oxygen atoms in total. The predicted molar refractivity (Wildman–Crippen MR) is 140 cm³/mol. The Morgan fingerprint density at radius 1 is 0.889 bits per heavy atom. The van der Waals surface area contributed by atoms with E-state index in [9.17, 15) is 13.2 Å². The van der Waals surface area contributed by atoms with Gasteiger partial charge in [0, 0.05) is 5.56 Å². The van der Waals surface area contributed by atoms with Gasteiger partial charge in [0.15, 0.2) is 0 Å². The summed E-state index contributed by atoms with van der Waals surface area (Å²) in [6.07, 6.45) is 1.53. The van der Waals surface area contributed by atoms with Gasteiger partial charge in [-0.15, -0.1) is 0 Å². The van der Waals surface area contributed by atoms with Crippen LogP contribution < -0.4 is 19.2 Å². The number of amides is 1. The molecule has 0 unspecified atom stereocenters. The number of nitrogens with zero attached hydrogens (tertiary/aromatic N) is 2. The molecule has 4 rings (SSSR count). The smallest absolute Gasteiger partial charge is 0.264 e. The summed E-state index contributed by atoms with van der Waals surface area (Å²) in [6.45, 7) is -0.512. The number of fused-ring (bicyclic) bond motifs is 1. The molecule has 184 valence electrons. The Morgan fingerprint density at radius 3 is 2.33 bits per heavy atom. The molecule has 0 saturated carbocycles.